The number of nitrogens with zero attached hydrogens (tertiary/aromatic N) is 1. The molecule has 2 N–H and O–H groups in total. The molecule has 3 aromatic carbocycles. The lowest BCUT2D eigenvalue weighted by molar-refractivity contribution is 0.0684. The molecule has 0 saturated heterocycles. The minimum absolute atomic E-state index is 0.336. The van der Waals surface area contributed by atoms with Gasteiger partial charge in [0.1, 0.15) is 11.4 Å². The second-order valence-electron chi connectivity index (χ2n) is 7.68. The van der Waals surface area contributed by atoms with Gasteiger partial charge in [-0.1, -0.05) is 54.6 Å². The largest absolute Gasteiger partial charge is 0.497 e. The summed E-state index contributed by atoms with van der Waals surface area (Å²) in [5.74, 6) is -0.108. The lowest BCUT2D eigenvalue weighted by Gasteiger charge is -2.10. The molecule has 4 rings (SSSR count). The molecule has 1 aromatic heterocycles. The number of fused-ring (bicyclic) bond motifs is 1. The highest BCUT2D eigenvalue weighted by Gasteiger charge is 2.22. The number of hydrogen-bond acceptors (Lipinski definition) is 3. The fourth-order valence-electron chi connectivity index (χ4n) is 4.00. The SMILES string of the molecule is COc1cccc(CNCc2c(C(=O)O)n(Cc3ccccc3)c3cc(C)ccc23)c1. The smallest absolute Gasteiger partial charge is 0.352 e. The summed E-state index contributed by atoms with van der Waals surface area (Å²) >= 11 is 0. The molecule has 0 radical (unpaired) electrons. The Morgan fingerprint density at radius 1 is 0.968 bits per heavy atom. The van der Waals surface area contributed by atoms with Gasteiger partial charge in [-0.25, -0.2) is 4.79 Å². The summed E-state index contributed by atoms with van der Waals surface area (Å²) in [4.78, 5) is 12.3. The van der Waals surface area contributed by atoms with Gasteiger partial charge in [0.25, 0.3) is 0 Å². The van der Waals surface area contributed by atoms with Crippen LogP contribution in [0.25, 0.3) is 10.9 Å². The van der Waals surface area contributed by atoms with Crippen LogP contribution in [0.3, 0.4) is 0 Å². The molecule has 0 bridgehead atoms. The summed E-state index contributed by atoms with van der Waals surface area (Å²) in [5.41, 5.74) is 5.34. The Kier molecular flexibility index (Phi) is 6.05. The van der Waals surface area contributed by atoms with Crippen molar-refractivity contribution in [3.05, 3.63) is 101 Å². The van der Waals surface area contributed by atoms with E-state index in [0.717, 1.165) is 38.9 Å². The second kappa shape index (κ2) is 9.06. The van der Waals surface area contributed by atoms with Gasteiger partial charge < -0.3 is 19.7 Å². The van der Waals surface area contributed by atoms with Gasteiger partial charge in [-0.2, -0.15) is 0 Å². The van der Waals surface area contributed by atoms with E-state index in [-0.39, 0.29) is 0 Å². The quantitative estimate of drug-likeness (QED) is 0.426. The van der Waals surface area contributed by atoms with Gasteiger partial charge >= 0.3 is 5.97 Å². The number of aromatic nitrogens is 1. The van der Waals surface area contributed by atoms with Crippen molar-refractivity contribution in [1.82, 2.24) is 9.88 Å². The fraction of sp³-hybridized carbons (Fsp3) is 0.192. The van der Waals surface area contributed by atoms with E-state index in [1.807, 2.05) is 78.2 Å². The number of benzene rings is 3. The van der Waals surface area contributed by atoms with Crippen molar-refractivity contribution in [2.24, 2.45) is 0 Å². The first-order valence-corrected chi connectivity index (χ1v) is 10.3. The van der Waals surface area contributed by atoms with Gasteiger partial charge in [0.2, 0.25) is 0 Å². The van der Waals surface area contributed by atoms with Crippen molar-refractivity contribution in [3.63, 3.8) is 0 Å². The number of carboxylic acid groups (broad SMARTS) is 1. The number of rotatable bonds is 8. The van der Waals surface area contributed by atoms with Crippen molar-refractivity contribution in [3.8, 4) is 5.75 Å². The Balaban J connectivity index is 1.70. The number of carboxylic acids is 1. The normalized spacial score (nSPS) is 11.0. The molecule has 5 heteroatoms. The van der Waals surface area contributed by atoms with Gasteiger partial charge in [-0.3, -0.25) is 0 Å². The summed E-state index contributed by atoms with van der Waals surface area (Å²) in [6, 6.07) is 24.0. The number of methoxy groups -OCH3 is 1. The lowest BCUT2D eigenvalue weighted by atomic mass is 10.1. The molecule has 0 aliphatic heterocycles. The van der Waals surface area contributed by atoms with E-state index in [1.165, 1.54) is 0 Å². The summed E-state index contributed by atoms with van der Waals surface area (Å²) in [7, 11) is 1.65. The van der Waals surface area contributed by atoms with Crippen molar-refractivity contribution < 1.29 is 14.6 Å². The maximum Gasteiger partial charge on any atom is 0.352 e. The number of carbonyl (C=O) groups is 1. The minimum atomic E-state index is -0.914. The minimum Gasteiger partial charge on any atom is -0.497 e. The topological polar surface area (TPSA) is 63.5 Å². The highest BCUT2D eigenvalue weighted by molar-refractivity contribution is 5.98. The Bertz CT molecular complexity index is 1210. The van der Waals surface area contributed by atoms with E-state index < -0.39 is 5.97 Å². The standard InChI is InChI=1S/C26H26N2O3/c1-18-11-12-22-23(16-27-15-20-9-6-10-21(14-20)31-2)25(26(29)30)28(24(22)13-18)17-19-7-4-3-5-8-19/h3-14,27H,15-17H2,1-2H3,(H,29,30). The van der Waals surface area contributed by atoms with Gasteiger partial charge in [0, 0.05) is 36.1 Å². The van der Waals surface area contributed by atoms with Crippen LogP contribution in [0.15, 0.2) is 72.8 Å². The molecule has 0 aliphatic carbocycles. The first-order chi connectivity index (χ1) is 15.1. The fourth-order valence-corrected chi connectivity index (χ4v) is 4.00. The first kappa shape index (κ1) is 20.7. The average Bonchev–Trinajstić information content (AvgIpc) is 3.07. The van der Waals surface area contributed by atoms with Gasteiger partial charge in [0.15, 0.2) is 0 Å². The van der Waals surface area contributed by atoms with E-state index in [4.69, 9.17) is 4.74 Å². The zero-order valence-electron chi connectivity index (χ0n) is 17.8. The molecule has 0 saturated carbocycles. The predicted molar refractivity (Wildman–Crippen MR) is 123 cm³/mol. The third kappa shape index (κ3) is 4.47. The van der Waals surface area contributed by atoms with Crippen LogP contribution in [0.1, 0.15) is 32.7 Å². The van der Waals surface area contributed by atoms with Crippen LogP contribution in [-0.2, 0) is 19.6 Å². The molecule has 0 aliphatic rings. The monoisotopic (exact) mass is 414 g/mol. The average molecular weight is 415 g/mol. The molecule has 0 unspecified atom stereocenters. The van der Waals surface area contributed by atoms with Crippen LogP contribution < -0.4 is 10.1 Å². The maximum atomic E-state index is 12.3. The molecular weight excluding hydrogens is 388 g/mol. The summed E-state index contributed by atoms with van der Waals surface area (Å²) in [6.45, 7) is 3.62. The summed E-state index contributed by atoms with van der Waals surface area (Å²) in [5, 5.41) is 14.5. The molecule has 31 heavy (non-hydrogen) atoms. The van der Waals surface area contributed by atoms with E-state index in [9.17, 15) is 9.90 Å². The predicted octanol–water partition coefficient (Wildman–Crippen LogP) is 4.99. The van der Waals surface area contributed by atoms with Crippen LogP contribution in [0, 0.1) is 6.92 Å². The maximum absolute atomic E-state index is 12.3. The zero-order valence-corrected chi connectivity index (χ0v) is 17.8. The molecule has 0 atom stereocenters. The van der Waals surface area contributed by atoms with Crippen LogP contribution >= 0.6 is 0 Å². The highest BCUT2D eigenvalue weighted by atomic mass is 16.5. The molecule has 0 spiro atoms. The molecule has 1 heterocycles. The first-order valence-electron chi connectivity index (χ1n) is 10.3. The molecular formula is C26H26N2O3. The number of hydrogen-bond donors (Lipinski definition) is 2. The van der Waals surface area contributed by atoms with E-state index in [0.29, 0.717) is 25.3 Å². The number of ether oxygens (including phenoxy) is 1. The zero-order chi connectivity index (χ0) is 21.8. The molecule has 0 fully saturated rings. The van der Waals surface area contributed by atoms with Crippen LogP contribution in [-0.4, -0.2) is 22.8 Å². The Morgan fingerprint density at radius 2 is 1.74 bits per heavy atom. The van der Waals surface area contributed by atoms with Crippen molar-refractivity contribution in [2.75, 3.05) is 7.11 Å². The highest BCUT2D eigenvalue weighted by Crippen LogP contribution is 2.29. The van der Waals surface area contributed by atoms with Crippen LogP contribution in [0.2, 0.25) is 0 Å². The van der Waals surface area contributed by atoms with Gasteiger partial charge in [0.05, 0.1) is 7.11 Å². The van der Waals surface area contributed by atoms with Crippen molar-refractivity contribution in [1.29, 1.82) is 0 Å². The number of aryl methyl sites for hydroxylation is 1. The van der Waals surface area contributed by atoms with Crippen molar-refractivity contribution >= 4 is 16.9 Å². The van der Waals surface area contributed by atoms with Crippen LogP contribution in [0.5, 0.6) is 5.75 Å². The van der Waals surface area contributed by atoms with E-state index >= 15 is 0 Å². The van der Waals surface area contributed by atoms with E-state index in [2.05, 4.69) is 11.4 Å². The number of aromatic carboxylic acids is 1. The van der Waals surface area contributed by atoms with Crippen LogP contribution in [0.4, 0.5) is 0 Å². The molecule has 158 valence electrons. The van der Waals surface area contributed by atoms with Crippen molar-refractivity contribution in [2.45, 2.75) is 26.6 Å². The van der Waals surface area contributed by atoms with Gasteiger partial charge in [-0.15, -0.1) is 0 Å². The van der Waals surface area contributed by atoms with Gasteiger partial charge in [-0.05, 0) is 41.8 Å². The molecule has 5 nitrogen and oxygen atoms in total. The molecule has 4 aromatic rings. The Labute approximate surface area is 181 Å². The van der Waals surface area contributed by atoms with E-state index in [1.54, 1.807) is 7.11 Å². The number of nitrogens with one attached hydrogen (secondary N) is 1. The Morgan fingerprint density at radius 3 is 2.48 bits per heavy atom. The third-order valence-electron chi connectivity index (χ3n) is 5.48. The second-order valence-corrected chi connectivity index (χ2v) is 7.68. The lowest BCUT2D eigenvalue weighted by Crippen LogP contribution is -2.17. The summed E-state index contributed by atoms with van der Waals surface area (Å²) < 4.78 is 7.21. The molecule has 0 amide bonds. The summed E-state index contributed by atoms with van der Waals surface area (Å²) in [6.07, 6.45) is 0. The Hall–Kier alpha value is -3.57. The third-order valence-corrected chi connectivity index (χ3v) is 5.48.